The van der Waals surface area contributed by atoms with Gasteiger partial charge in [0.15, 0.2) is 5.92 Å². The maximum Gasteiger partial charge on any atom is 0.321 e. The SMILES string of the molecule is CCOC(=O)[C@@H]1C(=O)NC(N2CCN(C)CC2)=N[C@H]1c1ccco1. The minimum atomic E-state index is -1.03. The Morgan fingerprint density at radius 3 is 2.79 bits per heavy atom. The lowest BCUT2D eigenvalue weighted by atomic mass is 9.95. The molecule has 3 rings (SSSR count). The number of aliphatic imine (C=N–C) groups is 1. The monoisotopic (exact) mass is 334 g/mol. The van der Waals surface area contributed by atoms with Crippen molar-refractivity contribution in [3.8, 4) is 0 Å². The predicted molar refractivity (Wildman–Crippen MR) is 86.2 cm³/mol. The molecular weight excluding hydrogens is 312 g/mol. The van der Waals surface area contributed by atoms with Crippen LogP contribution in [0.5, 0.6) is 0 Å². The molecule has 0 radical (unpaired) electrons. The molecule has 2 aliphatic heterocycles. The van der Waals surface area contributed by atoms with Crippen molar-refractivity contribution in [3.05, 3.63) is 24.2 Å². The van der Waals surface area contributed by atoms with Crippen molar-refractivity contribution in [1.82, 2.24) is 15.1 Å². The zero-order valence-corrected chi connectivity index (χ0v) is 13.9. The Hall–Kier alpha value is -2.35. The molecule has 0 spiro atoms. The minimum absolute atomic E-state index is 0.211. The molecule has 0 bridgehead atoms. The van der Waals surface area contributed by atoms with Gasteiger partial charge in [-0.2, -0.15) is 0 Å². The van der Waals surface area contributed by atoms with Gasteiger partial charge in [0.2, 0.25) is 11.9 Å². The zero-order chi connectivity index (χ0) is 17.1. The average Bonchev–Trinajstić information content (AvgIpc) is 3.09. The standard InChI is InChI=1S/C16H22N4O4/c1-3-23-15(22)12-13(11-5-4-10-24-11)17-16(18-14(12)21)20-8-6-19(2)7-9-20/h4-5,10,12-13H,3,6-9H2,1-2H3,(H,17,18,21)/t12-,13-/m0/s1. The van der Waals surface area contributed by atoms with Gasteiger partial charge in [-0.3, -0.25) is 14.9 Å². The molecular formula is C16H22N4O4. The summed E-state index contributed by atoms with van der Waals surface area (Å²) in [5, 5.41) is 2.76. The van der Waals surface area contributed by atoms with E-state index < -0.39 is 23.8 Å². The van der Waals surface area contributed by atoms with E-state index >= 15 is 0 Å². The highest BCUT2D eigenvalue weighted by Crippen LogP contribution is 2.31. The van der Waals surface area contributed by atoms with Crippen LogP contribution in [0.1, 0.15) is 18.7 Å². The number of nitrogens with one attached hydrogen (secondary N) is 1. The molecule has 0 aromatic carbocycles. The highest BCUT2D eigenvalue weighted by Gasteiger charge is 2.43. The molecule has 1 fully saturated rings. The molecule has 3 heterocycles. The van der Waals surface area contributed by atoms with Crippen LogP contribution in [0.3, 0.4) is 0 Å². The van der Waals surface area contributed by atoms with E-state index in [4.69, 9.17) is 9.15 Å². The fourth-order valence-electron chi connectivity index (χ4n) is 2.90. The van der Waals surface area contributed by atoms with Crippen LogP contribution in [0.15, 0.2) is 27.8 Å². The van der Waals surface area contributed by atoms with E-state index in [0.717, 1.165) is 26.2 Å². The van der Waals surface area contributed by atoms with Crippen LogP contribution in [-0.4, -0.2) is 67.5 Å². The average molecular weight is 334 g/mol. The second-order valence-corrected chi connectivity index (χ2v) is 5.92. The Balaban J connectivity index is 1.88. The summed E-state index contributed by atoms with van der Waals surface area (Å²) >= 11 is 0. The number of piperazine rings is 1. The van der Waals surface area contributed by atoms with E-state index in [0.29, 0.717) is 11.7 Å². The smallest absolute Gasteiger partial charge is 0.321 e. The quantitative estimate of drug-likeness (QED) is 0.629. The number of likely N-dealkylation sites (N-methyl/N-ethyl adjacent to an activating group) is 1. The Bertz CT molecular complexity index is 620. The number of guanidine groups is 1. The summed E-state index contributed by atoms with van der Waals surface area (Å²) in [6, 6.07) is 2.73. The first-order valence-corrected chi connectivity index (χ1v) is 8.12. The van der Waals surface area contributed by atoms with Crippen LogP contribution in [0.25, 0.3) is 0 Å². The molecule has 0 unspecified atom stereocenters. The van der Waals surface area contributed by atoms with Crippen LogP contribution < -0.4 is 5.32 Å². The summed E-state index contributed by atoms with van der Waals surface area (Å²) in [7, 11) is 2.06. The first-order valence-electron chi connectivity index (χ1n) is 8.12. The van der Waals surface area contributed by atoms with Gasteiger partial charge in [-0.05, 0) is 26.1 Å². The topological polar surface area (TPSA) is 87.4 Å². The summed E-state index contributed by atoms with van der Waals surface area (Å²) in [4.78, 5) is 33.6. The normalized spacial score (nSPS) is 25.2. The number of esters is 1. The molecule has 1 saturated heterocycles. The number of carbonyl (C=O) groups is 2. The fraction of sp³-hybridized carbons (Fsp3) is 0.562. The molecule has 8 heteroatoms. The number of amides is 1. The third-order valence-corrected chi connectivity index (χ3v) is 4.27. The third kappa shape index (κ3) is 3.28. The predicted octanol–water partition coefficient (Wildman–Crippen LogP) is 0.233. The van der Waals surface area contributed by atoms with Crippen molar-refractivity contribution in [2.24, 2.45) is 10.9 Å². The van der Waals surface area contributed by atoms with Crippen molar-refractivity contribution in [2.45, 2.75) is 13.0 Å². The largest absolute Gasteiger partial charge is 0.467 e. The second kappa shape index (κ2) is 7.04. The van der Waals surface area contributed by atoms with Crippen molar-refractivity contribution in [1.29, 1.82) is 0 Å². The van der Waals surface area contributed by atoms with E-state index in [1.807, 2.05) is 4.90 Å². The van der Waals surface area contributed by atoms with Crippen LogP contribution in [0.2, 0.25) is 0 Å². The molecule has 1 aromatic heterocycles. The second-order valence-electron chi connectivity index (χ2n) is 5.92. The fourth-order valence-corrected chi connectivity index (χ4v) is 2.90. The van der Waals surface area contributed by atoms with Crippen molar-refractivity contribution >= 4 is 17.8 Å². The minimum Gasteiger partial charge on any atom is -0.467 e. The van der Waals surface area contributed by atoms with Gasteiger partial charge in [0, 0.05) is 26.2 Å². The highest BCUT2D eigenvalue weighted by atomic mass is 16.5. The highest BCUT2D eigenvalue weighted by molar-refractivity contribution is 6.08. The molecule has 8 nitrogen and oxygen atoms in total. The molecule has 0 aliphatic carbocycles. The molecule has 1 aromatic rings. The van der Waals surface area contributed by atoms with Gasteiger partial charge < -0.3 is 19.0 Å². The molecule has 130 valence electrons. The van der Waals surface area contributed by atoms with Gasteiger partial charge >= 0.3 is 5.97 Å². The van der Waals surface area contributed by atoms with Crippen molar-refractivity contribution in [2.75, 3.05) is 39.8 Å². The molecule has 0 saturated carbocycles. The number of furan rings is 1. The van der Waals surface area contributed by atoms with E-state index in [9.17, 15) is 9.59 Å². The number of carbonyl (C=O) groups excluding carboxylic acids is 2. The van der Waals surface area contributed by atoms with E-state index in [-0.39, 0.29) is 6.61 Å². The van der Waals surface area contributed by atoms with Gasteiger partial charge in [0.25, 0.3) is 0 Å². The lowest BCUT2D eigenvalue weighted by Crippen LogP contribution is -2.56. The van der Waals surface area contributed by atoms with Crippen molar-refractivity contribution < 1.29 is 18.7 Å². The summed E-state index contributed by atoms with van der Waals surface area (Å²) in [6.45, 7) is 5.24. The van der Waals surface area contributed by atoms with Crippen LogP contribution >= 0.6 is 0 Å². The van der Waals surface area contributed by atoms with E-state index in [2.05, 4.69) is 22.3 Å². The van der Waals surface area contributed by atoms with Crippen LogP contribution in [0.4, 0.5) is 0 Å². The maximum atomic E-state index is 12.6. The van der Waals surface area contributed by atoms with Crippen molar-refractivity contribution in [3.63, 3.8) is 0 Å². The first-order chi connectivity index (χ1) is 11.6. The van der Waals surface area contributed by atoms with Gasteiger partial charge in [-0.25, -0.2) is 4.99 Å². The maximum absolute atomic E-state index is 12.6. The lowest BCUT2D eigenvalue weighted by molar-refractivity contribution is -0.153. The third-order valence-electron chi connectivity index (χ3n) is 4.27. The Morgan fingerprint density at radius 1 is 1.42 bits per heavy atom. The Morgan fingerprint density at radius 2 is 2.17 bits per heavy atom. The molecule has 1 N–H and O–H groups in total. The zero-order valence-electron chi connectivity index (χ0n) is 13.9. The summed E-state index contributed by atoms with van der Waals surface area (Å²) in [5.74, 6) is -1.05. The van der Waals surface area contributed by atoms with Gasteiger partial charge in [0.1, 0.15) is 11.8 Å². The molecule has 1 amide bonds. The number of hydrogen-bond acceptors (Lipinski definition) is 7. The summed E-state index contributed by atoms with van der Waals surface area (Å²) < 4.78 is 10.5. The molecule has 2 aliphatic rings. The van der Waals surface area contributed by atoms with E-state index in [1.165, 1.54) is 6.26 Å². The Labute approximate surface area is 140 Å². The Kier molecular flexibility index (Phi) is 4.84. The summed E-state index contributed by atoms with van der Waals surface area (Å²) in [6.07, 6.45) is 1.51. The van der Waals surface area contributed by atoms with Gasteiger partial charge in [0.05, 0.1) is 12.9 Å². The number of ether oxygens (including phenoxy) is 1. The van der Waals surface area contributed by atoms with Gasteiger partial charge in [-0.15, -0.1) is 0 Å². The number of rotatable bonds is 3. The summed E-state index contributed by atoms with van der Waals surface area (Å²) in [5.41, 5.74) is 0. The van der Waals surface area contributed by atoms with E-state index in [1.54, 1.807) is 19.1 Å². The first kappa shape index (κ1) is 16.5. The number of hydrogen-bond donors (Lipinski definition) is 1. The van der Waals surface area contributed by atoms with Crippen LogP contribution in [-0.2, 0) is 14.3 Å². The molecule has 2 atom stereocenters. The lowest BCUT2D eigenvalue weighted by Gasteiger charge is -2.37. The number of nitrogens with zero attached hydrogens (tertiary/aromatic N) is 3. The molecule has 24 heavy (non-hydrogen) atoms. The van der Waals surface area contributed by atoms with Crippen LogP contribution in [0, 0.1) is 5.92 Å². The van der Waals surface area contributed by atoms with Gasteiger partial charge in [-0.1, -0.05) is 0 Å².